The molecule has 0 spiro atoms. The predicted molar refractivity (Wildman–Crippen MR) is 72.1 cm³/mol. The van der Waals surface area contributed by atoms with Gasteiger partial charge in [0.25, 0.3) is 5.91 Å². The zero-order valence-electron chi connectivity index (χ0n) is 10.2. The molecule has 1 fully saturated rings. The van der Waals surface area contributed by atoms with E-state index in [0.29, 0.717) is 41.8 Å². The van der Waals surface area contributed by atoms with E-state index >= 15 is 0 Å². The number of hydrogen-bond acceptors (Lipinski definition) is 3. The third kappa shape index (κ3) is 2.84. The first kappa shape index (κ1) is 13.4. The molecule has 0 bridgehead atoms. The van der Waals surface area contributed by atoms with Crippen molar-refractivity contribution in [3.8, 4) is 0 Å². The van der Waals surface area contributed by atoms with Crippen LogP contribution < -0.4 is 0 Å². The Kier molecular flexibility index (Phi) is 4.24. The number of carbonyl (C=O) groups is 2. The number of piperazine rings is 1. The van der Waals surface area contributed by atoms with Crippen molar-refractivity contribution < 1.29 is 9.59 Å². The van der Waals surface area contributed by atoms with E-state index in [4.69, 9.17) is 11.6 Å². The van der Waals surface area contributed by atoms with Crippen LogP contribution in [0.5, 0.6) is 0 Å². The molecular weight excluding hydrogens is 272 g/mol. The molecule has 6 heteroatoms. The van der Waals surface area contributed by atoms with Crippen molar-refractivity contribution in [2.24, 2.45) is 0 Å². The Labute approximate surface area is 115 Å². The molecule has 0 unspecified atom stereocenters. The topological polar surface area (TPSA) is 40.6 Å². The summed E-state index contributed by atoms with van der Waals surface area (Å²) in [6.45, 7) is 4.29. The van der Waals surface area contributed by atoms with E-state index in [1.54, 1.807) is 17.0 Å². The third-order valence-corrected chi connectivity index (χ3v) is 4.23. The molecule has 2 heterocycles. The van der Waals surface area contributed by atoms with E-state index < -0.39 is 0 Å². The lowest BCUT2D eigenvalue weighted by atomic mass is 10.2. The van der Waals surface area contributed by atoms with E-state index in [0.717, 1.165) is 0 Å². The van der Waals surface area contributed by atoms with Gasteiger partial charge in [-0.15, -0.1) is 11.3 Å². The zero-order valence-corrected chi connectivity index (χ0v) is 11.8. The highest BCUT2D eigenvalue weighted by atomic mass is 35.5. The van der Waals surface area contributed by atoms with Crippen LogP contribution in [0.1, 0.15) is 23.0 Å². The second kappa shape index (κ2) is 5.71. The number of thiophene rings is 1. The number of hydrogen-bond donors (Lipinski definition) is 0. The lowest BCUT2D eigenvalue weighted by molar-refractivity contribution is -0.132. The zero-order chi connectivity index (χ0) is 13.1. The fourth-order valence-corrected chi connectivity index (χ4v) is 2.98. The molecule has 1 aliphatic rings. The highest BCUT2D eigenvalue weighted by Crippen LogP contribution is 2.23. The minimum absolute atomic E-state index is 0.00972. The van der Waals surface area contributed by atoms with Crippen LogP contribution in [0.15, 0.2) is 12.1 Å². The van der Waals surface area contributed by atoms with Crippen LogP contribution >= 0.6 is 22.9 Å². The van der Waals surface area contributed by atoms with Gasteiger partial charge in [0, 0.05) is 32.6 Å². The van der Waals surface area contributed by atoms with Crippen molar-refractivity contribution in [3.05, 3.63) is 21.3 Å². The molecule has 18 heavy (non-hydrogen) atoms. The smallest absolute Gasteiger partial charge is 0.264 e. The molecule has 0 atom stereocenters. The highest BCUT2D eigenvalue weighted by Gasteiger charge is 2.24. The summed E-state index contributed by atoms with van der Waals surface area (Å²) < 4.78 is 0.623. The van der Waals surface area contributed by atoms with Crippen molar-refractivity contribution in [1.82, 2.24) is 9.80 Å². The molecule has 0 aliphatic carbocycles. The van der Waals surface area contributed by atoms with Crippen molar-refractivity contribution in [2.45, 2.75) is 13.3 Å². The van der Waals surface area contributed by atoms with Crippen LogP contribution in [0.25, 0.3) is 0 Å². The van der Waals surface area contributed by atoms with Gasteiger partial charge >= 0.3 is 0 Å². The van der Waals surface area contributed by atoms with Crippen LogP contribution in [0.2, 0.25) is 4.34 Å². The van der Waals surface area contributed by atoms with Gasteiger partial charge in [0.2, 0.25) is 5.91 Å². The van der Waals surface area contributed by atoms with Gasteiger partial charge in [-0.25, -0.2) is 0 Å². The number of nitrogens with zero attached hydrogens (tertiary/aromatic N) is 2. The van der Waals surface area contributed by atoms with Crippen LogP contribution in [0.4, 0.5) is 0 Å². The summed E-state index contributed by atoms with van der Waals surface area (Å²) in [7, 11) is 0. The maximum absolute atomic E-state index is 12.1. The SMILES string of the molecule is CCC(=O)N1CCN(C(=O)c2ccc(Cl)s2)CC1. The minimum Gasteiger partial charge on any atom is -0.339 e. The van der Waals surface area contributed by atoms with Gasteiger partial charge < -0.3 is 9.80 Å². The first-order valence-electron chi connectivity index (χ1n) is 5.94. The van der Waals surface area contributed by atoms with E-state index in [1.807, 2.05) is 11.8 Å². The monoisotopic (exact) mass is 286 g/mol. The van der Waals surface area contributed by atoms with Gasteiger partial charge in [-0.3, -0.25) is 9.59 Å². The van der Waals surface area contributed by atoms with Gasteiger partial charge in [0.05, 0.1) is 9.21 Å². The van der Waals surface area contributed by atoms with Crippen LogP contribution in [-0.2, 0) is 4.79 Å². The fraction of sp³-hybridized carbons (Fsp3) is 0.500. The average Bonchev–Trinajstić information content (AvgIpc) is 2.84. The van der Waals surface area contributed by atoms with Crippen molar-refractivity contribution in [3.63, 3.8) is 0 Å². The molecule has 0 aromatic carbocycles. The highest BCUT2D eigenvalue weighted by molar-refractivity contribution is 7.17. The van der Waals surface area contributed by atoms with E-state index in [2.05, 4.69) is 0 Å². The second-order valence-corrected chi connectivity index (χ2v) is 5.85. The van der Waals surface area contributed by atoms with Gasteiger partial charge in [0.1, 0.15) is 0 Å². The third-order valence-electron chi connectivity index (χ3n) is 3.01. The lowest BCUT2D eigenvalue weighted by Crippen LogP contribution is -2.50. The molecule has 1 saturated heterocycles. The quantitative estimate of drug-likeness (QED) is 0.835. The Hall–Kier alpha value is -1.07. The van der Waals surface area contributed by atoms with Crippen molar-refractivity contribution >= 4 is 34.8 Å². The molecule has 0 saturated carbocycles. The second-order valence-electron chi connectivity index (χ2n) is 4.13. The summed E-state index contributed by atoms with van der Waals surface area (Å²) in [6, 6.07) is 3.48. The Morgan fingerprint density at radius 1 is 1.22 bits per heavy atom. The maximum Gasteiger partial charge on any atom is 0.264 e. The normalized spacial score (nSPS) is 15.9. The van der Waals surface area contributed by atoms with Crippen LogP contribution in [-0.4, -0.2) is 47.8 Å². The number of rotatable bonds is 2. The van der Waals surface area contributed by atoms with Gasteiger partial charge in [-0.1, -0.05) is 18.5 Å². The molecule has 98 valence electrons. The molecule has 0 radical (unpaired) electrons. The minimum atomic E-state index is 0.00972. The lowest BCUT2D eigenvalue weighted by Gasteiger charge is -2.34. The van der Waals surface area contributed by atoms with Crippen molar-refractivity contribution in [2.75, 3.05) is 26.2 Å². The largest absolute Gasteiger partial charge is 0.339 e. The molecular formula is C12H15ClN2O2S. The summed E-state index contributed by atoms with van der Waals surface area (Å²) in [4.78, 5) is 27.9. The molecule has 4 nitrogen and oxygen atoms in total. The van der Waals surface area contributed by atoms with E-state index in [9.17, 15) is 9.59 Å². The summed E-state index contributed by atoms with van der Waals surface area (Å²) in [5.41, 5.74) is 0. The fourth-order valence-electron chi connectivity index (χ4n) is 1.97. The van der Waals surface area contributed by atoms with E-state index in [-0.39, 0.29) is 11.8 Å². The predicted octanol–water partition coefficient (Wildman–Crippen LogP) is 2.10. The first-order valence-corrected chi connectivity index (χ1v) is 7.13. The maximum atomic E-state index is 12.1. The molecule has 1 aromatic heterocycles. The number of amides is 2. The molecule has 2 amide bonds. The van der Waals surface area contributed by atoms with Gasteiger partial charge in [-0.05, 0) is 12.1 Å². The van der Waals surface area contributed by atoms with Crippen LogP contribution in [0.3, 0.4) is 0 Å². The molecule has 1 aliphatic heterocycles. The molecule has 0 N–H and O–H groups in total. The Morgan fingerprint density at radius 3 is 2.33 bits per heavy atom. The van der Waals surface area contributed by atoms with Crippen LogP contribution in [0, 0.1) is 0 Å². The average molecular weight is 287 g/mol. The molecule has 2 rings (SSSR count). The summed E-state index contributed by atoms with van der Waals surface area (Å²) in [5, 5.41) is 0. The Morgan fingerprint density at radius 2 is 1.83 bits per heavy atom. The Bertz CT molecular complexity index is 453. The summed E-state index contributed by atoms with van der Waals surface area (Å²) in [6.07, 6.45) is 0.522. The van der Waals surface area contributed by atoms with Gasteiger partial charge in [-0.2, -0.15) is 0 Å². The standard InChI is InChI=1S/C12H15ClN2O2S/c1-2-11(16)14-5-7-15(8-6-14)12(17)9-3-4-10(13)18-9/h3-4H,2,5-8H2,1H3. The summed E-state index contributed by atoms with van der Waals surface area (Å²) in [5.74, 6) is 0.164. The van der Waals surface area contributed by atoms with E-state index in [1.165, 1.54) is 11.3 Å². The Balaban J connectivity index is 1.94. The number of carbonyl (C=O) groups excluding carboxylic acids is 2. The first-order chi connectivity index (χ1) is 8.61. The summed E-state index contributed by atoms with van der Waals surface area (Å²) >= 11 is 7.12. The number of halogens is 1. The molecule has 1 aromatic rings. The van der Waals surface area contributed by atoms with Crippen molar-refractivity contribution in [1.29, 1.82) is 0 Å². The van der Waals surface area contributed by atoms with Gasteiger partial charge in [0.15, 0.2) is 0 Å².